The number of aromatic nitrogens is 3. The Bertz CT molecular complexity index is 1260. The molecule has 0 saturated carbocycles. The third-order valence-electron chi connectivity index (χ3n) is 6.18. The molecule has 1 unspecified atom stereocenters. The van der Waals surface area contributed by atoms with E-state index in [1.165, 1.54) is 7.11 Å². The van der Waals surface area contributed by atoms with Crippen molar-refractivity contribution in [1.82, 2.24) is 20.3 Å². The number of carbonyl (C=O) groups is 2. The van der Waals surface area contributed by atoms with Crippen LogP contribution in [-0.4, -0.2) is 58.8 Å². The Hall–Kier alpha value is -4.25. The molecule has 200 valence electrons. The smallest absolute Gasteiger partial charge is 0.326 e. The van der Waals surface area contributed by atoms with Crippen LogP contribution in [0.25, 0.3) is 0 Å². The van der Waals surface area contributed by atoms with Crippen molar-refractivity contribution in [2.45, 2.75) is 38.6 Å². The van der Waals surface area contributed by atoms with Crippen LogP contribution in [-0.2, 0) is 4.79 Å². The van der Waals surface area contributed by atoms with Gasteiger partial charge in [0.05, 0.1) is 25.3 Å². The number of nitrogens with zero attached hydrogens (tertiary/aromatic N) is 4. The highest BCUT2D eigenvalue weighted by Crippen LogP contribution is 2.26. The van der Waals surface area contributed by atoms with E-state index >= 15 is 0 Å². The van der Waals surface area contributed by atoms with Gasteiger partial charge in [0.2, 0.25) is 11.9 Å². The molecule has 11 nitrogen and oxygen atoms in total. The monoisotopic (exact) mass is 519 g/mol. The van der Waals surface area contributed by atoms with Gasteiger partial charge in [-0.25, -0.2) is 4.79 Å². The molecular weight excluding hydrogens is 486 g/mol. The normalized spacial score (nSPS) is 14.0. The Morgan fingerprint density at radius 3 is 2.55 bits per heavy atom. The molecule has 1 atom stereocenters. The van der Waals surface area contributed by atoms with E-state index in [0.29, 0.717) is 23.2 Å². The van der Waals surface area contributed by atoms with Crippen molar-refractivity contribution in [2.24, 2.45) is 0 Å². The summed E-state index contributed by atoms with van der Waals surface area (Å²) in [6.07, 6.45) is 3.13. The highest BCUT2D eigenvalue weighted by atomic mass is 16.5. The quantitative estimate of drug-likeness (QED) is 0.313. The first kappa shape index (κ1) is 26.8. The Morgan fingerprint density at radius 1 is 1.03 bits per heavy atom. The van der Waals surface area contributed by atoms with Gasteiger partial charge in [-0.3, -0.25) is 10.1 Å². The molecule has 2 amide bonds. The summed E-state index contributed by atoms with van der Waals surface area (Å²) in [6.45, 7) is 3.81. The van der Waals surface area contributed by atoms with Crippen LogP contribution >= 0.6 is 0 Å². The Labute approximate surface area is 221 Å². The maximum Gasteiger partial charge on any atom is 0.326 e. The van der Waals surface area contributed by atoms with Crippen LogP contribution in [0.2, 0.25) is 0 Å². The number of para-hydroxylation sites is 2. The van der Waals surface area contributed by atoms with E-state index in [9.17, 15) is 14.7 Å². The summed E-state index contributed by atoms with van der Waals surface area (Å²) < 4.78 is 5.32. The van der Waals surface area contributed by atoms with Crippen molar-refractivity contribution in [3.8, 4) is 5.75 Å². The molecule has 0 spiro atoms. The number of hydrogen-bond donors (Lipinski definition) is 4. The first-order valence-electron chi connectivity index (χ1n) is 12.7. The zero-order chi connectivity index (χ0) is 26.9. The summed E-state index contributed by atoms with van der Waals surface area (Å²) in [7, 11) is 1.53. The van der Waals surface area contributed by atoms with Crippen molar-refractivity contribution in [3.05, 3.63) is 65.5 Å². The average molecular weight is 520 g/mol. The second-order valence-corrected chi connectivity index (χ2v) is 9.09. The zero-order valence-electron chi connectivity index (χ0n) is 21.6. The van der Waals surface area contributed by atoms with Crippen LogP contribution in [0.3, 0.4) is 0 Å². The number of amides is 2. The minimum absolute atomic E-state index is 0.0567. The number of urea groups is 1. The lowest BCUT2D eigenvalue weighted by Gasteiger charge is -2.28. The number of methoxy groups -OCH3 is 1. The number of carboxylic acids is 1. The van der Waals surface area contributed by atoms with Gasteiger partial charge < -0.3 is 25.4 Å². The zero-order valence-corrected chi connectivity index (χ0v) is 21.6. The number of piperidine rings is 1. The maximum atomic E-state index is 12.9. The number of ether oxygens (including phenoxy) is 1. The predicted molar refractivity (Wildman–Crippen MR) is 145 cm³/mol. The number of carboxylic acid groups (broad SMARTS) is 1. The van der Waals surface area contributed by atoms with Gasteiger partial charge in [0.25, 0.3) is 0 Å². The lowest BCUT2D eigenvalue weighted by Crippen LogP contribution is -2.33. The number of aliphatic carboxylic acids is 1. The summed E-state index contributed by atoms with van der Waals surface area (Å²) in [5.41, 5.74) is 2.44. The molecule has 1 aliphatic rings. The lowest BCUT2D eigenvalue weighted by atomic mass is 10.0. The molecule has 3 aromatic rings. The molecule has 1 aromatic heterocycles. The second kappa shape index (κ2) is 12.8. The number of nitrogens with one attached hydrogen (secondary N) is 3. The molecule has 4 N–H and O–H groups in total. The molecule has 0 bridgehead atoms. The Kier molecular flexibility index (Phi) is 9.04. The first-order chi connectivity index (χ1) is 18.4. The number of anilines is 3. The van der Waals surface area contributed by atoms with Crippen molar-refractivity contribution < 1.29 is 19.4 Å². The molecule has 1 aliphatic heterocycles. The third-order valence-corrected chi connectivity index (χ3v) is 6.18. The summed E-state index contributed by atoms with van der Waals surface area (Å²) in [6, 6.07) is 13.9. The average Bonchev–Trinajstić information content (AvgIpc) is 2.91. The fraction of sp³-hybridized carbons (Fsp3) is 0.370. The van der Waals surface area contributed by atoms with Gasteiger partial charge in [-0.05, 0) is 43.9 Å². The fourth-order valence-corrected chi connectivity index (χ4v) is 4.34. The highest BCUT2D eigenvalue weighted by Gasteiger charge is 2.23. The van der Waals surface area contributed by atoms with Gasteiger partial charge in [0.1, 0.15) is 5.75 Å². The number of hydrogen-bond acceptors (Lipinski definition) is 8. The highest BCUT2D eigenvalue weighted by molar-refractivity contribution is 5.99. The van der Waals surface area contributed by atoms with Crippen molar-refractivity contribution >= 4 is 29.6 Å². The molecule has 1 saturated heterocycles. The number of rotatable bonds is 10. The number of aryl methyl sites for hydroxylation is 1. The lowest BCUT2D eigenvalue weighted by molar-refractivity contribution is -0.136. The molecule has 0 radical (unpaired) electrons. The minimum Gasteiger partial charge on any atom is -0.495 e. The Morgan fingerprint density at radius 2 is 1.82 bits per heavy atom. The van der Waals surface area contributed by atoms with Gasteiger partial charge in [0, 0.05) is 19.6 Å². The Balaban J connectivity index is 1.67. The topological polar surface area (TPSA) is 142 Å². The second-order valence-electron chi connectivity index (χ2n) is 9.09. The van der Waals surface area contributed by atoms with E-state index < -0.39 is 18.0 Å². The van der Waals surface area contributed by atoms with E-state index in [1.807, 2.05) is 37.3 Å². The standard InChI is InChI=1S/C27H33N7O4/c1-18-9-8-10-19(17-18)23(28-14-13-22(35)36)24-30-25(32-26(31-24)34-15-6-3-7-16-34)33-27(37)29-20-11-4-5-12-21(20)38-2/h4-5,8-12,17,23,28H,3,6-7,13-16H2,1-2H3,(H,35,36)(H2,29,30,31,32,33,37). The minimum atomic E-state index is -0.902. The van der Waals surface area contributed by atoms with Gasteiger partial charge in [-0.15, -0.1) is 0 Å². The van der Waals surface area contributed by atoms with Crippen LogP contribution in [0.5, 0.6) is 5.75 Å². The first-order valence-corrected chi connectivity index (χ1v) is 12.7. The van der Waals surface area contributed by atoms with Crippen LogP contribution in [0.15, 0.2) is 48.5 Å². The van der Waals surface area contributed by atoms with Crippen molar-refractivity contribution in [2.75, 3.05) is 42.3 Å². The van der Waals surface area contributed by atoms with Crippen LogP contribution in [0, 0.1) is 6.92 Å². The molecule has 38 heavy (non-hydrogen) atoms. The van der Waals surface area contributed by atoms with E-state index in [0.717, 1.165) is 43.5 Å². The predicted octanol–water partition coefficient (Wildman–Crippen LogP) is 3.98. The SMILES string of the molecule is COc1ccccc1NC(=O)Nc1nc(C(NCCC(=O)O)c2cccc(C)c2)nc(N2CCCCC2)n1. The third kappa shape index (κ3) is 7.16. The van der Waals surface area contributed by atoms with Crippen molar-refractivity contribution in [1.29, 1.82) is 0 Å². The molecule has 11 heteroatoms. The van der Waals surface area contributed by atoms with E-state index in [4.69, 9.17) is 9.72 Å². The van der Waals surface area contributed by atoms with Gasteiger partial charge in [0.15, 0.2) is 5.82 Å². The van der Waals surface area contributed by atoms with Crippen LogP contribution in [0.4, 0.5) is 22.4 Å². The molecular formula is C27H33N7O4. The van der Waals surface area contributed by atoms with Crippen LogP contribution < -0.4 is 25.6 Å². The molecule has 0 aliphatic carbocycles. The molecule has 1 fully saturated rings. The van der Waals surface area contributed by atoms with Gasteiger partial charge >= 0.3 is 12.0 Å². The van der Waals surface area contributed by atoms with E-state index in [-0.39, 0.29) is 18.9 Å². The summed E-state index contributed by atoms with van der Waals surface area (Å²) in [4.78, 5) is 40.1. The molecule has 2 heterocycles. The van der Waals surface area contributed by atoms with E-state index in [1.54, 1.807) is 18.2 Å². The van der Waals surface area contributed by atoms with Crippen LogP contribution in [0.1, 0.15) is 48.7 Å². The summed E-state index contributed by atoms with van der Waals surface area (Å²) in [5.74, 6) is 0.584. The number of benzene rings is 2. The fourth-order valence-electron chi connectivity index (χ4n) is 4.34. The largest absolute Gasteiger partial charge is 0.495 e. The summed E-state index contributed by atoms with van der Waals surface area (Å²) >= 11 is 0. The molecule has 2 aromatic carbocycles. The van der Waals surface area contributed by atoms with Crippen molar-refractivity contribution in [3.63, 3.8) is 0 Å². The number of carbonyl (C=O) groups excluding carboxylic acids is 1. The van der Waals surface area contributed by atoms with Gasteiger partial charge in [-0.2, -0.15) is 15.0 Å². The van der Waals surface area contributed by atoms with E-state index in [2.05, 4.69) is 30.8 Å². The van der Waals surface area contributed by atoms with Gasteiger partial charge in [-0.1, -0.05) is 42.0 Å². The maximum absolute atomic E-state index is 12.9. The summed E-state index contributed by atoms with van der Waals surface area (Å²) in [5, 5.41) is 18.0. The molecule has 4 rings (SSSR count).